The predicted octanol–water partition coefficient (Wildman–Crippen LogP) is 4.62. The van der Waals surface area contributed by atoms with Crippen LogP contribution in [0.4, 0.5) is 4.79 Å². The molecule has 0 spiro atoms. The molecule has 1 amide bonds. The topological polar surface area (TPSA) is 71.8 Å². The van der Waals surface area contributed by atoms with Crippen molar-refractivity contribution in [1.82, 2.24) is 9.47 Å². The molecule has 0 bridgehead atoms. The Balaban J connectivity index is 1.53. The van der Waals surface area contributed by atoms with E-state index in [1.807, 2.05) is 67.6 Å². The Morgan fingerprint density at radius 3 is 2.39 bits per heavy atom. The first-order chi connectivity index (χ1) is 15.9. The highest BCUT2D eigenvalue weighted by molar-refractivity contribution is 5.70. The van der Waals surface area contributed by atoms with Crippen LogP contribution in [0.3, 0.4) is 0 Å². The maximum atomic E-state index is 13.1. The maximum Gasteiger partial charge on any atom is 0.411 e. The van der Waals surface area contributed by atoms with Gasteiger partial charge in [-0.15, -0.1) is 0 Å². The second-order valence-electron chi connectivity index (χ2n) is 8.61. The number of benzene rings is 2. The van der Waals surface area contributed by atoms with E-state index in [4.69, 9.17) is 4.74 Å². The van der Waals surface area contributed by atoms with Gasteiger partial charge in [0.25, 0.3) is 5.56 Å². The highest BCUT2D eigenvalue weighted by atomic mass is 16.6. The third-order valence-electron chi connectivity index (χ3n) is 6.65. The molecule has 2 atom stereocenters. The first-order valence-corrected chi connectivity index (χ1v) is 11.4. The molecule has 6 heteroatoms. The molecule has 4 rings (SSSR count). The van der Waals surface area contributed by atoms with Gasteiger partial charge in [0.05, 0.1) is 11.7 Å². The van der Waals surface area contributed by atoms with Crippen molar-refractivity contribution in [2.45, 2.75) is 37.8 Å². The molecule has 0 aliphatic carbocycles. The van der Waals surface area contributed by atoms with Crippen molar-refractivity contribution < 1.29 is 14.6 Å². The predicted molar refractivity (Wildman–Crippen MR) is 128 cm³/mol. The molecular weight excluding hydrogens is 416 g/mol. The molecule has 0 saturated carbocycles. The fraction of sp³-hybridized carbons (Fsp3) is 0.333. The van der Waals surface area contributed by atoms with Crippen LogP contribution in [0.5, 0.6) is 0 Å². The number of rotatable bonds is 7. The summed E-state index contributed by atoms with van der Waals surface area (Å²) in [6.07, 6.45) is 1.48. The molecule has 33 heavy (non-hydrogen) atoms. The Hall–Kier alpha value is -3.38. The number of nitrogens with zero attached hydrogens (tertiary/aromatic N) is 2. The van der Waals surface area contributed by atoms with Gasteiger partial charge in [-0.3, -0.25) is 4.79 Å². The van der Waals surface area contributed by atoms with E-state index in [-0.39, 0.29) is 24.3 Å². The molecule has 1 aromatic heterocycles. The summed E-state index contributed by atoms with van der Waals surface area (Å²) in [6.45, 7) is 2.62. The zero-order valence-corrected chi connectivity index (χ0v) is 19.1. The van der Waals surface area contributed by atoms with Crippen LogP contribution in [0.15, 0.2) is 77.6 Å². The molecular formula is C27H30N2O4. The lowest BCUT2D eigenvalue weighted by Gasteiger charge is -2.43. The summed E-state index contributed by atoms with van der Waals surface area (Å²) in [5, 5.41) is 9.38. The third kappa shape index (κ3) is 4.57. The maximum absolute atomic E-state index is 13.1. The largest absolute Gasteiger partial charge is 0.438 e. The molecule has 1 N–H and O–H groups in total. The molecule has 1 unspecified atom stereocenters. The van der Waals surface area contributed by atoms with E-state index in [1.165, 1.54) is 6.07 Å². The average Bonchev–Trinajstić information content (AvgIpc) is 2.85. The Morgan fingerprint density at radius 1 is 1.00 bits per heavy atom. The second kappa shape index (κ2) is 9.63. The van der Waals surface area contributed by atoms with E-state index < -0.39 is 5.60 Å². The van der Waals surface area contributed by atoms with Crippen molar-refractivity contribution in [1.29, 1.82) is 0 Å². The lowest BCUT2D eigenvalue weighted by atomic mass is 9.84. The molecule has 2 aromatic carbocycles. The van der Waals surface area contributed by atoms with E-state index >= 15 is 0 Å². The Kier molecular flexibility index (Phi) is 6.65. The number of hydrogen-bond donors (Lipinski definition) is 1. The van der Waals surface area contributed by atoms with Crippen LogP contribution >= 0.6 is 0 Å². The first-order valence-electron chi connectivity index (χ1n) is 11.4. The summed E-state index contributed by atoms with van der Waals surface area (Å²) in [5.74, 6) is 0. The van der Waals surface area contributed by atoms with Gasteiger partial charge in [0.15, 0.2) is 0 Å². The standard InChI is InChI=1S/C27H30N2O4/c1-20(21-12-14-22(15-13-21)24-10-6-11-25(31)28(24)2)29-18-17-27(16-7-19-30,33-26(29)32)23-8-4-3-5-9-23/h3-6,8-15,20,30H,7,16-19H2,1-2H3/t20-,27?/m0/s1. The molecule has 1 saturated heterocycles. The van der Waals surface area contributed by atoms with Crippen LogP contribution < -0.4 is 5.56 Å². The number of aliphatic hydroxyl groups excluding tert-OH is 1. The molecule has 1 aliphatic rings. The summed E-state index contributed by atoms with van der Waals surface area (Å²) in [4.78, 5) is 26.8. The molecule has 2 heterocycles. The van der Waals surface area contributed by atoms with Gasteiger partial charge in [-0.2, -0.15) is 0 Å². The van der Waals surface area contributed by atoms with Gasteiger partial charge in [0.1, 0.15) is 5.60 Å². The summed E-state index contributed by atoms with van der Waals surface area (Å²) < 4.78 is 7.70. The number of ether oxygens (including phenoxy) is 1. The molecule has 6 nitrogen and oxygen atoms in total. The Labute approximate surface area is 194 Å². The zero-order chi connectivity index (χ0) is 23.4. The van der Waals surface area contributed by atoms with Crippen LogP contribution in [-0.2, 0) is 17.4 Å². The summed E-state index contributed by atoms with van der Waals surface area (Å²) >= 11 is 0. The SMILES string of the molecule is C[C@@H](c1ccc(-c2cccc(=O)n2C)cc1)N1CCC(CCCO)(c2ccccc2)OC1=O. The number of aliphatic hydroxyl groups is 1. The van der Waals surface area contributed by atoms with E-state index in [0.29, 0.717) is 25.8 Å². The van der Waals surface area contributed by atoms with Crippen LogP contribution in [0.1, 0.15) is 43.4 Å². The van der Waals surface area contributed by atoms with Crippen molar-refractivity contribution in [2.75, 3.05) is 13.2 Å². The van der Waals surface area contributed by atoms with E-state index in [2.05, 4.69) is 0 Å². The molecule has 172 valence electrons. The van der Waals surface area contributed by atoms with Gasteiger partial charge < -0.3 is 19.3 Å². The van der Waals surface area contributed by atoms with Gasteiger partial charge in [-0.05, 0) is 42.5 Å². The lowest BCUT2D eigenvalue weighted by molar-refractivity contribution is -0.0680. The minimum atomic E-state index is -0.709. The fourth-order valence-electron chi connectivity index (χ4n) is 4.62. The monoisotopic (exact) mass is 446 g/mol. The normalized spacial score (nSPS) is 19.2. The number of hydrogen-bond acceptors (Lipinski definition) is 4. The first kappa shape index (κ1) is 22.8. The van der Waals surface area contributed by atoms with Crippen LogP contribution in [0.25, 0.3) is 11.3 Å². The number of aromatic nitrogens is 1. The van der Waals surface area contributed by atoms with Crippen molar-refractivity contribution >= 4 is 6.09 Å². The van der Waals surface area contributed by atoms with Crippen LogP contribution in [0.2, 0.25) is 0 Å². The number of cyclic esters (lactones) is 1. The van der Waals surface area contributed by atoms with E-state index in [1.54, 1.807) is 22.6 Å². The fourth-order valence-corrected chi connectivity index (χ4v) is 4.62. The quantitative estimate of drug-likeness (QED) is 0.575. The van der Waals surface area contributed by atoms with Crippen molar-refractivity contribution in [3.63, 3.8) is 0 Å². The number of carbonyl (C=O) groups is 1. The highest BCUT2D eigenvalue weighted by Gasteiger charge is 2.43. The van der Waals surface area contributed by atoms with Crippen molar-refractivity contribution in [2.24, 2.45) is 7.05 Å². The summed E-state index contributed by atoms with van der Waals surface area (Å²) in [6, 6.07) is 22.8. The minimum Gasteiger partial charge on any atom is -0.438 e. The zero-order valence-electron chi connectivity index (χ0n) is 19.1. The number of carbonyl (C=O) groups excluding carboxylic acids is 1. The second-order valence-corrected chi connectivity index (χ2v) is 8.61. The summed E-state index contributed by atoms with van der Waals surface area (Å²) in [7, 11) is 1.76. The van der Waals surface area contributed by atoms with Gasteiger partial charge in [-0.25, -0.2) is 4.79 Å². The molecule has 3 aromatic rings. The van der Waals surface area contributed by atoms with Gasteiger partial charge >= 0.3 is 6.09 Å². The highest BCUT2D eigenvalue weighted by Crippen LogP contribution is 2.40. The smallest absolute Gasteiger partial charge is 0.411 e. The Morgan fingerprint density at radius 2 is 1.73 bits per heavy atom. The molecule has 1 fully saturated rings. The van der Waals surface area contributed by atoms with Gasteiger partial charge in [0.2, 0.25) is 0 Å². The third-order valence-corrected chi connectivity index (χ3v) is 6.65. The number of pyridine rings is 1. The van der Waals surface area contributed by atoms with Crippen molar-refractivity contribution in [3.8, 4) is 11.3 Å². The molecule has 1 aliphatic heterocycles. The van der Waals surface area contributed by atoms with Crippen LogP contribution in [-0.4, -0.2) is 33.8 Å². The van der Waals surface area contributed by atoms with Crippen LogP contribution in [0, 0.1) is 0 Å². The lowest BCUT2D eigenvalue weighted by Crippen LogP contribution is -2.48. The number of amides is 1. The Bertz CT molecular complexity index is 1160. The molecule has 0 radical (unpaired) electrons. The average molecular weight is 447 g/mol. The van der Waals surface area contributed by atoms with Gasteiger partial charge in [-0.1, -0.05) is 60.7 Å². The van der Waals surface area contributed by atoms with E-state index in [9.17, 15) is 14.7 Å². The van der Waals surface area contributed by atoms with Gasteiger partial charge in [0, 0.05) is 32.7 Å². The van der Waals surface area contributed by atoms with E-state index in [0.717, 1.165) is 22.4 Å². The minimum absolute atomic E-state index is 0.0518. The van der Waals surface area contributed by atoms with Crippen molar-refractivity contribution in [3.05, 3.63) is 94.3 Å². The summed E-state index contributed by atoms with van der Waals surface area (Å²) in [5.41, 5.74) is 2.99.